The van der Waals surface area contributed by atoms with Crippen LogP contribution in [0.5, 0.6) is 0 Å². The molecule has 1 aliphatic rings. The van der Waals surface area contributed by atoms with Crippen LogP contribution < -0.4 is 10.6 Å². The third-order valence-corrected chi connectivity index (χ3v) is 2.91. The maximum absolute atomic E-state index is 12.8. The number of likely N-dealkylation sites (N-methyl/N-ethyl adjacent to an activating group) is 1. The van der Waals surface area contributed by atoms with E-state index in [0.717, 1.165) is 12.8 Å². The number of amides is 1. The number of benzene rings is 1. The van der Waals surface area contributed by atoms with Crippen molar-refractivity contribution < 1.29 is 9.18 Å². The molecule has 0 bridgehead atoms. The Labute approximate surface area is 94.0 Å². The number of nitrogens with two attached hydrogens (primary N) is 1. The lowest BCUT2D eigenvalue weighted by Crippen LogP contribution is -2.45. The summed E-state index contributed by atoms with van der Waals surface area (Å²) in [5.41, 5.74) is 5.89. The molecule has 3 nitrogen and oxygen atoms in total. The molecule has 0 heterocycles. The minimum absolute atomic E-state index is 0.0680. The number of hydrogen-bond acceptors (Lipinski definition) is 2. The fourth-order valence-electron chi connectivity index (χ4n) is 1.68. The van der Waals surface area contributed by atoms with Gasteiger partial charge in [0, 0.05) is 12.2 Å². The van der Waals surface area contributed by atoms with Crippen molar-refractivity contribution in [1.29, 1.82) is 0 Å². The van der Waals surface area contributed by atoms with E-state index in [1.54, 1.807) is 17.0 Å². The molecule has 1 aromatic carbocycles. The number of halogens is 1. The minimum atomic E-state index is -0.676. The van der Waals surface area contributed by atoms with Gasteiger partial charge in [0.25, 0.3) is 0 Å². The molecule has 0 aliphatic heterocycles. The van der Waals surface area contributed by atoms with Crippen LogP contribution in [0.3, 0.4) is 0 Å². The number of carbonyl (C=O) groups excluding carboxylic acids is 1. The highest BCUT2D eigenvalue weighted by atomic mass is 19.1. The summed E-state index contributed by atoms with van der Waals surface area (Å²) in [5, 5.41) is 0. The zero-order valence-corrected chi connectivity index (χ0v) is 9.24. The van der Waals surface area contributed by atoms with Crippen molar-refractivity contribution >= 4 is 11.6 Å². The molecule has 0 spiro atoms. The third kappa shape index (κ3) is 1.93. The van der Waals surface area contributed by atoms with Crippen LogP contribution in [0, 0.1) is 5.82 Å². The fraction of sp³-hybridized carbons (Fsp3) is 0.417. The first-order valence-electron chi connectivity index (χ1n) is 5.43. The second-order valence-electron chi connectivity index (χ2n) is 4.18. The van der Waals surface area contributed by atoms with Gasteiger partial charge < -0.3 is 10.6 Å². The average Bonchev–Trinajstić information content (AvgIpc) is 3.01. The van der Waals surface area contributed by atoms with Crippen LogP contribution >= 0.6 is 0 Å². The summed E-state index contributed by atoms with van der Waals surface area (Å²) in [6, 6.07) is 5.90. The van der Waals surface area contributed by atoms with Crippen molar-refractivity contribution in [3.8, 4) is 0 Å². The molecule has 0 radical (unpaired) electrons. The van der Waals surface area contributed by atoms with E-state index >= 15 is 0 Å². The second-order valence-corrected chi connectivity index (χ2v) is 4.18. The highest BCUT2D eigenvalue weighted by Crippen LogP contribution is 2.35. The number of hydrogen-bond donors (Lipinski definition) is 1. The van der Waals surface area contributed by atoms with Crippen LogP contribution in [0.25, 0.3) is 0 Å². The van der Waals surface area contributed by atoms with Crippen molar-refractivity contribution in [3.05, 3.63) is 30.1 Å². The van der Waals surface area contributed by atoms with Gasteiger partial charge in [-0.1, -0.05) is 0 Å². The standard InChI is InChI=1S/C12H15FN2O/c1-2-15(11(16)12(14)7-8-12)10-5-3-9(13)4-6-10/h3-6H,2,7-8,14H2,1H3. The predicted octanol–water partition coefficient (Wildman–Crippen LogP) is 1.67. The van der Waals surface area contributed by atoms with Crippen LogP contribution in [0.2, 0.25) is 0 Å². The number of nitrogens with zero attached hydrogens (tertiary/aromatic N) is 1. The Balaban J connectivity index is 2.22. The molecule has 1 saturated carbocycles. The minimum Gasteiger partial charge on any atom is -0.317 e. The topological polar surface area (TPSA) is 46.3 Å². The Morgan fingerprint density at radius 3 is 2.44 bits per heavy atom. The van der Waals surface area contributed by atoms with Crippen molar-refractivity contribution in [1.82, 2.24) is 0 Å². The number of carbonyl (C=O) groups is 1. The van der Waals surface area contributed by atoms with Gasteiger partial charge >= 0.3 is 0 Å². The van der Waals surface area contributed by atoms with Crippen molar-refractivity contribution in [2.75, 3.05) is 11.4 Å². The molecule has 1 fully saturated rings. The molecule has 0 aromatic heterocycles. The number of rotatable bonds is 3. The maximum atomic E-state index is 12.8. The van der Waals surface area contributed by atoms with E-state index in [-0.39, 0.29) is 11.7 Å². The van der Waals surface area contributed by atoms with Gasteiger partial charge in [0.15, 0.2) is 0 Å². The Morgan fingerprint density at radius 2 is 2.00 bits per heavy atom. The van der Waals surface area contributed by atoms with Crippen molar-refractivity contribution in [2.45, 2.75) is 25.3 Å². The largest absolute Gasteiger partial charge is 0.317 e. The quantitative estimate of drug-likeness (QED) is 0.845. The summed E-state index contributed by atoms with van der Waals surface area (Å²) in [5.74, 6) is -0.372. The van der Waals surface area contributed by atoms with Gasteiger partial charge in [-0.2, -0.15) is 0 Å². The van der Waals surface area contributed by atoms with Gasteiger partial charge in [-0.25, -0.2) is 4.39 Å². The second kappa shape index (κ2) is 3.87. The van der Waals surface area contributed by atoms with E-state index in [0.29, 0.717) is 12.2 Å². The van der Waals surface area contributed by atoms with Gasteiger partial charge in [-0.3, -0.25) is 4.79 Å². The summed E-state index contributed by atoms with van der Waals surface area (Å²) in [4.78, 5) is 13.7. The Morgan fingerprint density at radius 1 is 1.44 bits per heavy atom. The zero-order valence-electron chi connectivity index (χ0n) is 9.24. The lowest BCUT2D eigenvalue weighted by atomic mass is 10.2. The van der Waals surface area contributed by atoms with Crippen LogP contribution in [0.15, 0.2) is 24.3 Å². The SMILES string of the molecule is CCN(C(=O)C1(N)CC1)c1ccc(F)cc1. The van der Waals surface area contributed by atoms with E-state index in [4.69, 9.17) is 5.73 Å². The van der Waals surface area contributed by atoms with Gasteiger partial charge in [0.1, 0.15) is 5.82 Å². The molecule has 1 aliphatic carbocycles. The zero-order chi connectivity index (χ0) is 11.8. The molecular formula is C12H15FN2O. The maximum Gasteiger partial charge on any atom is 0.247 e. The summed E-state index contributed by atoms with van der Waals surface area (Å²) < 4.78 is 12.8. The van der Waals surface area contributed by atoms with Crippen LogP contribution in [-0.2, 0) is 4.79 Å². The first-order chi connectivity index (χ1) is 7.57. The summed E-state index contributed by atoms with van der Waals surface area (Å²) >= 11 is 0. The van der Waals surface area contributed by atoms with Gasteiger partial charge in [-0.05, 0) is 44.0 Å². The van der Waals surface area contributed by atoms with Crippen LogP contribution in [0.4, 0.5) is 10.1 Å². The van der Waals surface area contributed by atoms with Crippen LogP contribution in [0.1, 0.15) is 19.8 Å². The van der Waals surface area contributed by atoms with Gasteiger partial charge in [0.05, 0.1) is 5.54 Å². The van der Waals surface area contributed by atoms with Crippen molar-refractivity contribution in [2.24, 2.45) is 5.73 Å². The van der Waals surface area contributed by atoms with Crippen LogP contribution in [-0.4, -0.2) is 18.0 Å². The summed E-state index contributed by atoms with van der Waals surface area (Å²) in [7, 11) is 0. The van der Waals surface area contributed by atoms with E-state index < -0.39 is 5.54 Å². The lowest BCUT2D eigenvalue weighted by Gasteiger charge is -2.24. The Hall–Kier alpha value is -1.42. The van der Waals surface area contributed by atoms with Gasteiger partial charge in [-0.15, -0.1) is 0 Å². The molecule has 86 valence electrons. The Kier molecular flexibility index (Phi) is 2.68. The summed E-state index contributed by atoms with van der Waals surface area (Å²) in [6.45, 7) is 2.43. The molecule has 0 saturated heterocycles. The highest BCUT2D eigenvalue weighted by molar-refractivity contribution is 6.02. The molecular weight excluding hydrogens is 207 g/mol. The lowest BCUT2D eigenvalue weighted by molar-refractivity contribution is -0.120. The molecule has 1 amide bonds. The van der Waals surface area contributed by atoms with E-state index in [2.05, 4.69) is 0 Å². The molecule has 2 rings (SSSR count). The Bertz CT molecular complexity index is 398. The summed E-state index contributed by atoms with van der Waals surface area (Å²) in [6.07, 6.45) is 1.48. The third-order valence-electron chi connectivity index (χ3n) is 2.91. The molecule has 4 heteroatoms. The van der Waals surface area contributed by atoms with E-state index in [1.807, 2.05) is 6.92 Å². The first-order valence-corrected chi connectivity index (χ1v) is 5.43. The molecule has 16 heavy (non-hydrogen) atoms. The van der Waals surface area contributed by atoms with Crippen molar-refractivity contribution in [3.63, 3.8) is 0 Å². The molecule has 0 unspecified atom stereocenters. The number of anilines is 1. The normalized spacial score (nSPS) is 16.9. The molecule has 1 aromatic rings. The smallest absolute Gasteiger partial charge is 0.247 e. The highest BCUT2D eigenvalue weighted by Gasteiger charge is 2.48. The molecule has 0 atom stereocenters. The molecule has 2 N–H and O–H groups in total. The average molecular weight is 222 g/mol. The van der Waals surface area contributed by atoms with Gasteiger partial charge in [0.2, 0.25) is 5.91 Å². The predicted molar refractivity (Wildman–Crippen MR) is 60.6 cm³/mol. The van der Waals surface area contributed by atoms with E-state index in [1.165, 1.54) is 12.1 Å². The van der Waals surface area contributed by atoms with E-state index in [9.17, 15) is 9.18 Å². The monoisotopic (exact) mass is 222 g/mol. The first kappa shape index (κ1) is 11.1. The fourth-order valence-corrected chi connectivity index (χ4v) is 1.68.